The van der Waals surface area contributed by atoms with Gasteiger partial charge >= 0.3 is 0 Å². The molecule has 0 spiro atoms. The lowest BCUT2D eigenvalue weighted by Crippen LogP contribution is -2.68. The second-order valence-corrected chi connectivity index (χ2v) is 17.7. The smallest absolute Gasteiger partial charge is 0.252 e. The predicted molar refractivity (Wildman–Crippen MR) is 236 cm³/mol. The van der Waals surface area contributed by atoms with Gasteiger partial charge in [-0.25, -0.2) is 0 Å². The Morgan fingerprint density at radius 2 is 1.07 bits per heavy atom. The van der Waals surface area contributed by atoms with E-state index >= 15 is 0 Å². The molecule has 7 heteroatoms. The van der Waals surface area contributed by atoms with Crippen LogP contribution in [0, 0.1) is 0 Å². The maximum absolute atomic E-state index is 2.65. The van der Waals surface area contributed by atoms with Crippen LogP contribution in [0.4, 0.5) is 34.1 Å². The predicted octanol–water partition coefficient (Wildman–Crippen LogP) is 8.84. The minimum atomic E-state index is 0.0768. The first kappa shape index (κ1) is 28.3. The van der Waals surface area contributed by atoms with Crippen LogP contribution in [0.25, 0.3) is 47.7 Å². The van der Waals surface area contributed by atoms with Gasteiger partial charge in [0.25, 0.3) is 13.4 Å². The lowest BCUT2D eigenvalue weighted by molar-refractivity contribution is 1.14. The summed E-state index contributed by atoms with van der Waals surface area (Å²) in [5, 5.41) is 5.43. The molecular formula is C48H25B2N3S2. The summed E-state index contributed by atoms with van der Waals surface area (Å²) in [5.74, 6) is 0. The zero-order valence-electron chi connectivity index (χ0n) is 29.2. The molecule has 0 fully saturated rings. The average molecular weight is 730 g/mol. The normalized spacial score (nSPS) is 14.7. The number of benzene rings is 8. The largest absolute Gasteiger partial charge is 0.312 e. The van der Waals surface area contributed by atoms with Crippen molar-refractivity contribution in [2.75, 3.05) is 9.80 Å². The summed E-state index contributed by atoms with van der Waals surface area (Å²) in [5.41, 5.74) is 20.1. The number of aromatic nitrogens is 1. The highest BCUT2D eigenvalue weighted by molar-refractivity contribution is 7.99. The summed E-state index contributed by atoms with van der Waals surface area (Å²) >= 11 is 3.85. The van der Waals surface area contributed by atoms with E-state index in [2.05, 4.69) is 166 Å². The lowest BCUT2D eigenvalue weighted by atomic mass is 9.29. The van der Waals surface area contributed by atoms with E-state index in [1.54, 1.807) is 0 Å². The topological polar surface area (TPSA) is 11.4 Å². The standard InChI is InChI=1S/C48H25B2N3S2/c1-5-17-33-27(13-1)42-46-32(24-28-26-12-2-9-21-39(26)55-48(28)42)50-30-15-4-7-19-35(30)52-34-18-6-3-14-29(34)49-31-16-11-23-41-45(31)53(36-20-8-10-22-40(36)54-41)38-25-37(51(33)46)44(50)47(52)43(38)49/h1-25H. The van der Waals surface area contributed by atoms with Crippen LogP contribution in [-0.4, -0.2) is 18.0 Å². The summed E-state index contributed by atoms with van der Waals surface area (Å²) in [7, 11) is 0. The highest BCUT2D eigenvalue weighted by Gasteiger charge is 2.51. The number of anilines is 6. The first-order valence-electron chi connectivity index (χ1n) is 19.1. The molecule has 0 unspecified atom stereocenters. The second kappa shape index (κ2) is 9.56. The van der Waals surface area contributed by atoms with Gasteiger partial charge in [0.15, 0.2) is 0 Å². The van der Waals surface area contributed by atoms with E-state index < -0.39 is 0 Å². The van der Waals surface area contributed by atoms with Crippen molar-refractivity contribution in [1.82, 2.24) is 4.57 Å². The Labute approximate surface area is 325 Å². The number of para-hydroxylation sites is 5. The van der Waals surface area contributed by atoms with Crippen molar-refractivity contribution in [3.8, 4) is 5.69 Å². The molecule has 2 aromatic heterocycles. The van der Waals surface area contributed by atoms with Gasteiger partial charge in [0, 0.05) is 69.2 Å². The summed E-state index contributed by atoms with van der Waals surface area (Å²) in [6, 6.07) is 57.8. The SMILES string of the molecule is c1ccc2c(c1)Sc1cccc3c1N2c1cc2c4c5c1B3c1ccccc1N5c1ccccc1B4c1cc3c4ccccc4sc3c3c4ccccc4n-2c13. The van der Waals surface area contributed by atoms with Crippen LogP contribution in [0.3, 0.4) is 0 Å². The maximum Gasteiger partial charge on any atom is 0.252 e. The Morgan fingerprint density at radius 1 is 0.436 bits per heavy atom. The van der Waals surface area contributed by atoms with Crippen LogP contribution in [0.2, 0.25) is 0 Å². The van der Waals surface area contributed by atoms with Gasteiger partial charge < -0.3 is 14.4 Å². The molecular weight excluding hydrogens is 704 g/mol. The number of hydrogen-bond donors (Lipinski definition) is 0. The molecule has 0 saturated carbocycles. The molecule has 0 bridgehead atoms. The molecule has 10 aromatic rings. The van der Waals surface area contributed by atoms with E-state index in [9.17, 15) is 0 Å². The first-order valence-corrected chi connectivity index (χ1v) is 20.7. The minimum absolute atomic E-state index is 0.0768. The van der Waals surface area contributed by atoms with Crippen LogP contribution in [0.15, 0.2) is 161 Å². The molecule has 0 radical (unpaired) electrons. The van der Waals surface area contributed by atoms with Crippen LogP contribution in [-0.2, 0) is 0 Å². The maximum atomic E-state index is 2.65. The van der Waals surface area contributed by atoms with Gasteiger partial charge in [0.2, 0.25) is 0 Å². The third-order valence-electron chi connectivity index (χ3n) is 13.1. The number of nitrogens with zero attached hydrogens (tertiary/aromatic N) is 3. The van der Waals surface area contributed by atoms with E-state index in [1.807, 2.05) is 23.1 Å². The van der Waals surface area contributed by atoms with Crippen molar-refractivity contribution in [3.63, 3.8) is 0 Å². The Morgan fingerprint density at radius 3 is 1.93 bits per heavy atom. The molecule has 5 aliphatic heterocycles. The van der Waals surface area contributed by atoms with Crippen molar-refractivity contribution in [3.05, 3.63) is 152 Å². The molecule has 55 heavy (non-hydrogen) atoms. The molecule has 250 valence electrons. The molecule has 7 heterocycles. The van der Waals surface area contributed by atoms with Gasteiger partial charge in [-0.1, -0.05) is 115 Å². The molecule has 0 atom stereocenters. The quantitative estimate of drug-likeness (QED) is 0.145. The van der Waals surface area contributed by atoms with E-state index in [0.717, 1.165) is 0 Å². The van der Waals surface area contributed by atoms with E-state index in [4.69, 9.17) is 0 Å². The molecule has 0 saturated heterocycles. The Hall–Kier alpha value is -6.14. The van der Waals surface area contributed by atoms with Crippen LogP contribution in [0.1, 0.15) is 0 Å². The Kier molecular flexibility index (Phi) is 4.92. The summed E-state index contributed by atoms with van der Waals surface area (Å²) in [6.07, 6.45) is 0. The van der Waals surface area contributed by atoms with Gasteiger partial charge in [0.05, 0.1) is 22.4 Å². The van der Waals surface area contributed by atoms with Crippen LogP contribution >= 0.6 is 23.1 Å². The zero-order chi connectivity index (χ0) is 35.3. The Balaban J connectivity index is 1.20. The minimum Gasteiger partial charge on any atom is -0.312 e. The van der Waals surface area contributed by atoms with E-state index in [1.165, 1.54) is 124 Å². The zero-order valence-corrected chi connectivity index (χ0v) is 30.9. The van der Waals surface area contributed by atoms with Crippen LogP contribution < -0.4 is 42.6 Å². The monoisotopic (exact) mass is 729 g/mol. The molecule has 15 rings (SSSR count). The molecule has 0 amide bonds. The molecule has 5 aliphatic rings. The van der Waals surface area contributed by atoms with E-state index in [-0.39, 0.29) is 13.4 Å². The fourth-order valence-corrected chi connectivity index (χ4v) is 13.5. The Bertz CT molecular complexity index is 3470. The summed E-state index contributed by atoms with van der Waals surface area (Å²) < 4.78 is 5.39. The highest BCUT2D eigenvalue weighted by Crippen LogP contribution is 2.55. The van der Waals surface area contributed by atoms with E-state index in [0.29, 0.717) is 0 Å². The fraction of sp³-hybridized carbons (Fsp3) is 0. The molecule has 0 N–H and O–H groups in total. The lowest BCUT2D eigenvalue weighted by Gasteiger charge is -2.50. The number of fused-ring (bicyclic) bond motifs is 19. The van der Waals surface area contributed by atoms with Crippen molar-refractivity contribution in [2.45, 2.75) is 9.79 Å². The third-order valence-corrected chi connectivity index (χ3v) is 15.4. The second-order valence-electron chi connectivity index (χ2n) is 15.5. The molecule has 8 aromatic carbocycles. The number of hydrogen-bond acceptors (Lipinski definition) is 4. The van der Waals surface area contributed by atoms with Crippen LogP contribution in [0.5, 0.6) is 0 Å². The van der Waals surface area contributed by atoms with Gasteiger partial charge in [-0.05, 0) is 81.3 Å². The van der Waals surface area contributed by atoms with Crippen molar-refractivity contribution in [1.29, 1.82) is 0 Å². The summed E-state index contributed by atoms with van der Waals surface area (Å²) in [4.78, 5) is 7.88. The van der Waals surface area contributed by atoms with Gasteiger partial charge in [-0.15, -0.1) is 11.3 Å². The molecule has 0 aliphatic carbocycles. The van der Waals surface area contributed by atoms with Gasteiger partial charge in [-0.3, -0.25) is 0 Å². The van der Waals surface area contributed by atoms with Gasteiger partial charge in [-0.2, -0.15) is 0 Å². The number of rotatable bonds is 0. The first-order chi connectivity index (χ1) is 27.3. The van der Waals surface area contributed by atoms with Crippen molar-refractivity contribution >= 4 is 145 Å². The summed E-state index contributed by atoms with van der Waals surface area (Å²) in [6.45, 7) is 0.185. The number of thiophene rings is 1. The molecule has 3 nitrogen and oxygen atoms in total. The third kappa shape index (κ3) is 3.15. The van der Waals surface area contributed by atoms with Crippen molar-refractivity contribution < 1.29 is 0 Å². The average Bonchev–Trinajstić information content (AvgIpc) is 3.79. The highest BCUT2D eigenvalue weighted by atomic mass is 32.2. The van der Waals surface area contributed by atoms with Crippen molar-refractivity contribution in [2.24, 2.45) is 0 Å². The fourth-order valence-electron chi connectivity index (χ4n) is 11.2. The van der Waals surface area contributed by atoms with Gasteiger partial charge in [0.1, 0.15) is 0 Å².